The average molecular weight is 272 g/mol. The molecule has 0 unspecified atom stereocenters. The molecule has 2 aliphatic heterocycles. The van der Waals surface area contributed by atoms with Crippen molar-refractivity contribution in [2.75, 3.05) is 24.6 Å². The van der Waals surface area contributed by atoms with Crippen LogP contribution in [-0.2, 0) is 12.6 Å². The van der Waals surface area contributed by atoms with Crippen molar-refractivity contribution in [2.24, 2.45) is 0 Å². The number of nitrogens with zero attached hydrogens (tertiary/aromatic N) is 1. The minimum Gasteiger partial charge on any atom is -0.394 e. The molecule has 104 valence electrons. The van der Waals surface area contributed by atoms with Crippen LogP contribution in [-0.4, -0.2) is 36.9 Å². The third kappa shape index (κ3) is 2.08. The number of aliphatic hydroxyl groups excluding tert-OH is 1. The van der Waals surface area contributed by atoms with E-state index in [1.165, 1.54) is 6.07 Å². The molecule has 2 heterocycles. The van der Waals surface area contributed by atoms with Gasteiger partial charge in [0, 0.05) is 24.8 Å². The van der Waals surface area contributed by atoms with Crippen molar-refractivity contribution < 1.29 is 18.3 Å². The Morgan fingerprint density at radius 2 is 2.11 bits per heavy atom. The van der Waals surface area contributed by atoms with E-state index in [2.05, 4.69) is 5.32 Å². The van der Waals surface area contributed by atoms with Gasteiger partial charge in [-0.25, -0.2) is 0 Å². The van der Waals surface area contributed by atoms with Crippen LogP contribution in [0.25, 0.3) is 0 Å². The summed E-state index contributed by atoms with van der Waals surface area (Å²) < 4.78 is 38.3. The maximum atomic E-state index is 12.8. The van der Waals surface area contributed by atoms with Gasteiger partial charge in [-0.15, -0.1) is 0 Å². The highest BCUT2D eigenvalue weighted by Gasteiger charge is 2.39. The van der Waals surface area contributed by atoms with E-state index in [1.807, 2.05) is 4.90 Å². The van der Waals surface area contributed by atoms with Crippen LogP contribution in [0.1, 0.15) is 11.1 Å². The summed E-state index contributed by atoms with van der Waals surface area (Å²) in [6, 6.07) is 3.90. The van der Waals surface area contributed by atoms with Gasteiger partial charge in [-0.2, -0.15) is 13.2 Å². The summed E-state index contributed by atoms with van der Waals surface area (Å²) in [7, 11) is 0. The molecule has 0 radical (unpaired) electrons. The van der Waals surface area contributed by atoms with Gasteiger partial charge in [0.1, 0.15) is 0 Å². The Labute approximate surface area is 109 Å². The highest BCUT2D eigenvalue weighted by atomic mass is 19.4. The summed E-state index contributed by atoms with van der Waals surface area (Å²) in [6.07, 6.45) is -3.59. The molecular weight excluding hydrogens is 257 g/mol. The quantitative estimate of drug-likeness (QED) is 0.811. The molecule has 0 amide bonds. The fourth-order valence-corrected chi connectivity index (χ4v) is 3.03. The van der Waals surface area contributed by atoms with Gasteiger partial charge < -0.3 is 15.3 Å². The number of benzene rings is 1. The lowest BCUT2D eigenvalue weighted by Crippen LogP contribution is -2.57. The monoisotopic (exact) mass is 272 g/mol. The number of hydrogen-bond acceptors (Lipinski definition) is 3. The smallest absolute Gasteiger partial charge is 0.394 e. The van der Waals surface area contributed by atoms with Gasteiger partial charge in [0.15, 0.2) is 0 Å². The highest BCUT2D eigenvalue weighted by molar-refractivity contribution is 5.62. The summed E-state index contributed by atoms with van der Waals surface area (Å²) >= 11 is 0. The normalized spacial score (nSPS) is 26.2. The van der Waals surface area contributed by atoms with Gasteiger partial charge in [0.05, 0.1) is 18.2 Å². The van der Waals surface area contributed by atoms with E-state index in [4.69, 9.17) is 0 Å². The number of anilines is 1. The lowest BCUT2D eigenvalue weighted by molar-refractivity contribution is -0.137. The molecule has 0 aromatic heterocycles. The first-order valence-electron chi connectivity index (χ1n) is 6.30. The number of rotatable bonds is 1. The molecule has 1 aromatic rings. The van der Waals surface area contributed by atoms with Crippen molar-refractivity contribution in [3.63, 3.8) is 0 Å². The standard InChI is InChI=1S/C13H15F3N2O/c14-13(15,16)9-2-1-8-3-10-5-17-6-11(7-19)18(10)12(8)4-9/h1-2,4,10-11,17,19H,3,5-7H2/t10-,11-/m0/s1. The average Bonchev–Trinajstić information content (AvgIpc) is 2.75. The summed E-state index contributed by atoms with van der Waals surface area (Å²) in [5.74, 6) is 0. The zero-order chi connectivity index (χ0) is 13.6. The van der Waals surface area contributed by atoms with E-state index in [9.17, 15) is 18.3 Å². The first kappa shape index (κ1) is 12.7. The molecule has 0 bridgehead atoms. The van der Waals surface area contributed by atoms with Gasteiger partial charge in [0.25, 0.3) is 0 Å². The SMILES string of the molecule is OC[C@@H]1CNC[C@@H]2Cc3ccc(C(F)(F)F)cc3N12. The van der Waals surface area contributed by atoms with E-state index in [-0.39, 0.29) is 18.7 Å². The largest absolute Gasteiger partial charge is 0.416 e. The lowest BCUT2D eigenvalue weighted by Gasteiger charge is -2.39. The van der Waals surface area contributed by atoms with E-state index in [1.54, 1.807) is 6.07 Å². The fraction of sp³-hybridized carbons (Fsp3) is 0.538. The van der Waals surface area contributed by atoms with E-state index in [0.29, 0.717) is 12.2 Å². The van der Waals surface area contributed by atoms with Crippen molar-refractivity contribution in [2.45, 2.75) is 24.7 Å². The van der Waals surface area contributed by atoms with Crippen LogP contribution >= 0.6 is 0 Å². The van der Waals surface area contributed by atoms with Crippen molar-refractivity contribution in [1.82, 2.24) is 5.32 Å². The number of piperazine rings is 1. The van der Waals surface area contributed by atoms with E-state index in [0.717, 1.165) is 24.6 Å². The van der Waals surface area contributed by atoms with Crippen LogP contribution in [0.2, 0.25) is 0 Å². The van der Waals surface area contributed by atoms with Gasteiger partial charge in [-0.3, -0.25) is 0 Å². The number of fused-ring (bicyclic) bond motifs is 3. The van der Waals surface area contributed by atoms with Crippen molar-refractivity contribution in [3.05, 3.63) is 29.3 Å². The molecule has 1 saturated heterocycles. The second-order valence-electron chi connectivity index (χ2n) is 5.10. The predicted octanol–water partition coefficient (Wildman–Crippen LogP) is 1.40. The molecule has 2 atom stereocenters. The summed E-state index contributed by atoms with van der Waals surface area (Å²) in [6.45, 7) is 1.29. The topological polar surface area (TPSA) is 35.5 Å². The predicted molar refractivity (Wildman–Crippen MR) is 65.2 cm³/mol. The van der Waals surface area contributed by atoms with Crippen molar-refractivity contribution >= 4 is 5.69 Å². The third-order valence-electron chi connectivity index (χ3n) is 3.90. The Kier molecular flexibility index (Phi) is 2.94. The number of aliphatic hydroxyl groups is 1. The lowest BCUT2D eigenvalue weighted by atomic mass is 10.1. The molecule has 1 fully saturated rings. The molecule has 0 saturated carbocycles. The van der Waals surface area contributed by atoms with Crippen LogP contribution in [0, 0.1) is 0 Å². The molecule has 3 nitrogen and oxygen atoms in total. The number of nitrogens with one attached hydrogen (secondary N) is 1. The summed E-state index contributed by atoms with van der Waals surface area (Å²) in [4.78, 5) is 1.95. The molecule has 3 rings (SSSR count). The first-order valence-corrected chi connectivity index (χ1v) is 6.30. The second kappa shape index (κ2) is 4.38. The molecule has 19 heavy (non-hydrogen) atoms. The number of hydrogen-bond donors (Lipinski definition) is 2. The molecule has 6 heteroatoms. The van der Waals surface area contributed by atoms with Crippen LogP contribution in [0.15, 0.2) is 18.2 Å². The van der Waals surface area contributed by atoms with Crippen LogP contribution in [0.4, 0.5) is 18.9 Å². The molecular formula is C13H15F3N2O. The zero-order valence-corrected chi connectivity index (χ0v) is 10.2. The molecule has 0 spiro atoms. The van der Waals surface area contributed by atoms with Crippen LogP contribution < -0.4 is 10.2 Å². The second-order valence-corrected chi connectivity index (χ2v) is 5.10. The Morgan fingerprint density at radius 3 is 2.79 bits per heavy atom. The minimum absolute atomic E-state index is 0.0564. The summed E-state index contributed by atoms with van der Waals surface area (Å²) in [5.41, 5.74) is 0.933. The Balaban J connectivity index is 2.01. The number of alkyl halides is 3. The maximum absolute atomic E-state index is 12.8. The molecule has 0 aliphatic carbocycles. The Bertz CT molecular complexity index is 483. The highest BCUT2D eigenvalue weighted by Crippen LogP contribution is 2.39. The fourth-order valence-electron chi connectivity index (χ4n) is 3.03. The van der Waals surface area contributed by atoms with Gasteiger partial charge in [-0.05, 0) is 24.1 Å². The molecule has 1 aromatic carbocycles. The van der Waals surface area contributed by atoms with Crippen LogP contribution in [0.3, 0.4) is 0 Å². The maximum Gasteiger partial charge on any atom is 0.416 e. The van der Waals surface area contributed by atoms with E-state index < -0.39 is 11.7 Å². The van der Waals surface area contributed by atoms with E-state index >= 15 is 0 Å². The zero-order valence-electron chi connectivity index (χ0n) is 10.2. The molecule has 2 N–H and O–H groups in total. The van der Waals surface area contributed by atoms with Crippen molar-refractivity contribution in [3.8, 4) is 0 Å². The Hall–Kier alpha value is -1.27. The number of halogens is 3. The van der Waals surface area contributed by atoms with Crippen molar-refractivity contribution in [1.29, 1.82) is 0 Å². The van der Waals surface area contributed by atoms with Gasteiger partial charge in [0.2, 0.25) is 0 Å². The van der Waals surface area contributed by atoms with Crippen LogP contribution in [0.5, 0.6) is 0 Å². The minimum atomic E-state index is -4.32. The van der Waals surface area contributed by atoms with Gasteiger partial charge in [-0.1, -0.05) is 6.07 Å². The third-order valence-corrected chi connectivity index (χ3v) is 3.90. The summed E-state index contributed by atoms with van der Waals surface area (Å²) in [5, 5.41) is 12.6. The first-order chi connectivity index (χ1) is 9.00. The Morgan fingerprint density at radius 1 is 1.32 bits per heavy atom. The van der Waals surface area contributed by atoms with Gasteiger partial charge >= 0.3 is 6.18 Å². The molecule has 2 aliphatic rings.